The minimum Gasteiger partial charge on any atom is -0.304 e. The van der Waals surface area contributed by atoms with Crippen LogP contribution in [-0.2, 0) is 6.54 Å². The lowest BCUT2D eigenvalue weighted by Gasteiger charge is -2.10. The molecule has 1 heterocycles. The van der Waals surface area contributed by atoms with E-state index in [1.54, 1.807) is 11.3 Å². The minimum atomic E-state index is 0.324. The van der Waals surface area contributed by atoms with Crippen molar-refractivity contribution in [3.8, 4) is 0 Å². The van der Waals surface area contributed by atoms with Crippen LogP contribution in [0.25, 0.3) is 0 Å². The van der Waals surface area contributed by atoms with Gasteiger partial charge in [0.15, 0.2) is 0 Å². The van der Waals surface area contributed by atoms with Crippen molar-refractivity contribution in [2.24, 2.45) is 0 Å². The van der Waals surface area contributed by atoms with Gasteiger partial charge < -0.3 is 5.32 Å². The van der Waals surface area contributed by atoms with Crippen LogP contribution in [0.4, 0.5) is 0 Å². The summed E-state index contributed by atoms with van der Waals surface area (Å²) in [5.74, 6) is 0. The molecule has 2 aromatic rings. The normalized spacial score (nSPS) is 12.6. The molecule has 15 heavy (non-hydrogen) atoms. The van der Waals surface area contributed by atoms with Crippen molar-refractivity contribution in [2.75, 3.05) is 0 Å². The molecule has 2 nitrogen and oxygen atoms in total. The molecule has 0 aliphatic rings. The van der Waals surface area contributed by atoms with Gasteiger partial charge >= 0.3 is 0 Å². The maximum Gasteiger partial charge on any atom is 0.109 e. The smallest absolute Gasteiger partial charge is 0.109 e. The highest BCUT2D eigenvalue weighted by molar-refractivity contribution is 7.09. The van der Waals surface area contributed by atoms with Crippen molar-refractivity contribution in [3.63, 3.8) is 0 Å². The van der Waals surface area contributed by atoms with Crippen LogP contribution in [0.15, 0.2) is 41.9 Å². The summed E-state index contributed by atoms with van der Waals surface area (Å²) in [6.45, 7) is 3.03. The van der Waals surface area contributed by atoms with Gasteiger partial charge in [0.2, 0.25) is 0 Å². The molecule has 0 fully saturated rings. The molecule has 0 bridgehead atoms. The zero-order valence-electron chi connectivity index (χ0n) is 8.68. The Kier molecular flexibility index (Phi) is 3.48. The van der Waals surface area contributed by atoms with Gasteiger partial charge in [-0.15, -0.1) is 11.3 Å². The number of hydrogen-bond acceptors (Lipinski definition) is 3. The Bertz CT molecular complexity index is 383. The fraction of sp³-hybridized carbons (Fsp3) is 0.250. The third kappa shape index (κ3) is 2.88. The van der Waals surface area contributed by atoms with Crippen molar-refractivity contribution in [2.45, 2.75) is 19.5 Å². The zero-order valence-corrected chi connectivity index (χ0v) is 9.50. The van der Waals surface area contributed by atoms with Gasteiger partial charge in [-0.25, -0.2) is 4.98 Å². The molecule has 0 amide bonds. The third-order valence-electron chi connectivity index (χ3n) is 2.28. The average molecular weight is 218 g/mol. The first kappa shape index (κ1) is 10.3. The van der Waals surface area contributed by atoms with Crippen LogP contribution in [0.2, 0.25) is 0 Å². The van der Waals surface area contributed by atoms with E-state index in [2.05, 4.69) is 41.5 Å². The molecule has 1 atom stereocenters. The molecule has 0 aliphatic carbocycles. The number of aromatic nitrogens is 1. The Morgan fingerprint density at radius 1 is 1.33 bits per heavy atom. The number of rotatable bonds is 4. The van der Waals surface area contributed by atoms with Crippen LogP contribution in [0.1, 0.15) is 23.5 Å². The van der Waals surface area contributed by atoms with Gasteiger partial charge in [0.1, 0.15) is 5.01 Å². The summed E-state index contributed by atoms with van der Waals surface area (Å²) in [5.41, 5.74) is 1.31. The van der Waals surface area contributed by atoms with E-state index < -0.39 is 0 Å². The van der Waals surface area contributed by atoms with E-state index in [4.69, 9.17) is 0 Å². The fourth-order valence-corrected chi connectivity index (χ4v) is 2.07. The van der Waals surface area contributed by atoms with Crippen molar-refractivity contribution >= 4 is 11.3 Å². The molecule has 1 aromatic heterocycles. The number of thiazole rings is 1. The topological polar surface area (TPSA) is 24.9 Å². The number of benzene rings is 1. The maximum absolute atomic E-state index is 4.28. The standard InChI is InChI=1S/C12H14N2S/c1-10(12-13-7-8-15-12)14-9-11-5-3-2-4-6-11/h2-8,10,14H,9H2,1H3/t10-/m1/s1. The highest BCUT2D eigenvalue weighted by atomic mass is 32.1. The largest absolute Gasteiger partial charge is 0.304 e. The molecular weight excluding hydrogens is 204 g/mol. The van der Waals surface area contributed by atoms with Gasteiger partial charge in [0.25, 0.3) is 0 Å². The predicted molar refractivity (Wildman–Crippen MR) is 63.8 cm³/mol. The number of nitrogens with zero attached hydrogens (tertiary/aromatic N) is 1. The van der Waals surface area contributed by atoms with Crippen LogP contribution in [0.3, 0.4) is 0 Å². The predicted octanol–water partition coefficient (Wildman–Crippen LogP) is 2.99. The maximum atomic E-state index is 4.28. The average Bonchev–Trinajstić information content (AvgIpc) is 2.81. The molecule has 0 aliphatic heterocycles. The summed E-state index contributed by atoms with van der Waals surface area (Å²) in [6.07, 6.45) is 1.85. The van der Waals surface area contributed by atoms with Gasteiger partial charge in [0, 0.05) is 18.1 Å². The Morgan fingerprint density at radius 2 is 2.13 bits per heavy atom. The molecule has 0 unspecified atom stereocenters. The van der Waals surface area contributed by atoms with E-state index in [0.717, 1.165) is 11.6 Å². The summed E-state index contributed by atoms with van der Waals surface area (Å²) in [7, 11) is 0. The SMILES string of the molecule is C[C@@H](NCc1ccccc1)c1nccs1. The number of hydrogen-bond donors (Lipinski definition) is 1. The van der Waals surface area contributed by atoms with Gasteiger partial charge in [0.05, 0.1) is 6.04 Å². The molecule has 0 saturated heterocycles. The lowest BCUT2D eigenvalue weighted by Crippen LogP contribution is -2.17. The molecule has 1 N–H and O–H groups in total. The molecule has 0 spiro atoms. The van der Waals surface area contributed by atoms with E-state index in [-0.39, 0.29) is 0 Å². The van der Waals surface area contributed by atoms with Crippen LogP contribution in [-0.4, -0.2) is 4.98 Å². The highest BCUT2D eigenvalue weighted by Crippen LogP contribution is 2.15. The molecule has 0 radical (unpaired) electrons. The van der Waals surface area contributed by atoms with Crippen molar-refractivity contribution in [1.82, 2.24) is 10.3 Å². The van der Waals surface area contributed by atoms with E-state index in [0.29, 0.717) is 6.04 Å². The summed E-state index contributed by atoms with van der Waals surface area (Å²) in [4.78, 5) is 4.28. The van der Waals surface area contributed by atoms with Crippen molar-refractivity contribution in [3.05, 3.63) is 52.5 Å². The number of nitrogens with one attached hydrogen (secondary N) is 1. The van der Waals surface area contributed by atoms with Gasteiger partial charge in [-0.05, 0) is 12.5 Å². The molecule has 0 saturated carbocycles. The van der Waals surface area contributed by atoms with Crippen LogP contribution >= 0.6 is 11.3 Å². The monoisotopic (exact) mass is 218 g/mol. The second kappa shape index (κ2) is 5.05. The van der Waals surface area contributed by atoms with Crippen molar-refractivity contribution < 1.29 is 0 Å². The van der Waals surface area contributed by atoms with Crippen LogP contribution in [0, 0.1) is 0 Å². The molecule has 78 valence electrons. The van der Waals surface area contributed by atoms with Crippen LogP contribution in [0.5, 0.6) is 0 Å². The van der Waals surface area contributed by atoms with E-state index in [9.17, 15) is 0 Å². The highest BCUT2D eigenvalue weighted by Gasteiger charge is 2.06. The lowest BCUT2D eigenvalue weighted by atomic mass is 10.2. The van der Waals surface area contributed by atoms with E-state index >= 15 is 0 Å². The Balaban J connectivity index is 1.89. The van der Waals surface area contributed by atoms with Crippen LogP contribution < -0.4 is 5.32 Å². The van der Waals surface area contributed by atoms with Gasteiger partial charge in [-0.2, -0.15) is 0 Å². The third-order valence-corrected chi connectivity index (χ3v) is 3.24. The van der Waals surface area contributed by atoms with E-state index in [1.165, 1.54) is 5.56 Å². The van der Waals surface area contributed by atoms with Crippen molar-refractivity contribution in [1.29, 1.82) is 0 Å². The Labute approximate surface area is 94.0 Å². The Hall–Kier alpha value is -1.19. The molecule has 1 aromatic carbocycles. The second-order valence-electron chi connectivity index (χ2n) is 3.46. The summed E-state index contributed by atoms with van der Waals surface area (Å²) >= 11 is 1.69. The summed E-state index contributed by atoms with van der Waals surface area (Å²) < 4.78 is 0. The fourth-order valence-electron chi connectivity index (χ4n) is 1.40. The second-order valence-corrected chi connectivity index (χ2v) is 4.38. The minimum absolute atomic E-state index is 0.324. The summed E-state index contributed by atoms with van der Waals surface area (Å²) in [6, 6.07) is 10.7. The lowest BCUT2D eigenvalue weighted by molar-refractivity contribution is 0.572. The first-order chi connectivity index (χ1) is 7.36. The molecule has 2 rings (SSSR count). The molecular formula is C12H14N2S. The Morgan fingerprint density at radius 3 is 2.80 bits per heavy atom. The quantitative estimate of drug-likeness (QED) is 0.853. The first-order valence-electron chi connectivity index (χ1n) is 5.03. The van der Waals surface area contributed by atoms with Gasteiger partial charge in [-0.1, -0.05) is 30.3 Å². The van der Waals surface area contributed by atoms with Gasteiger partial charge in [-0.3, -0.25) is 0 Å². The summed E-state index contributed by atoms with van der Waals surface area (Å²) in [5, 5.41) is 6.60. The zero-order chi connectivity index (χ0) is 10.5. The molecule has 3 heteroatoms. The first-order valence-corrected chi connectivity index (χ1v) is 5.91. The van der Waals surface area contributed by atoms with E-state index in [1.807, 2.05) is 17.6 Å².